The van der Waals surface area contributed by atoms with Gasteiger partial charge in [-0.05, 0) is 68.2 Å². The minimum absolute atomic E-state index is 0.303. The van der Waals surface area contributed by atoms with Crippen molar-refractivity contribution in [2.45, 2.75) is 5.60 Å². The van der Waals surface area contributed by atoms with Gasteiger partial charge in [0.05, 0.1) is 0 Å². The summed E-state index contributed by atoms with van der Waals surface area (Å²) in [5.74, 6) is -0.303. The van der Waals surface area contributed by atoms with Crippen molar-refractivity contribution in [2.75, 3.05) is 0 Å². The van der Waals surface area contributed by atoms with Gasteiger partial charge in [-0.25, -0.2) is 4.39 Å². The summed E-state index contributed by atoms with van der Waals surface area (Å²) < 4.78 is 22.2. The van der Waals surface area contributed by atoms with E-state index in [0.29, 0.717) is 5.56 Å². The molecule has 40 heavy (non-hydrogen) atoms. The van der Waals surface area contributed by atoms with Gasteiger partial charge in [0.25, 0.3) is 0 Å². The van der Waals surface area contributed by atoms with Crippen LogP contribution in [-0.4, -0.2) is 5.11 Å². The zero-order chi connectivity index (χ0) is 27.2. The average molecular weight is 650 g/mol. The summed E-state index contributed by atoms with van der Waals surface area (Å²) in [5.41, 5.74) is 5.70. The van der Waals surface area contributed by atoms with Crippen LogP contribution >= 0.6 is 31.9 Å². The lowest BCUT2D eigenvalue weighted by atomic mass is 9.80. The first kappa shape index (κ1) is 24.1. The van der Waals surface area contributed by atoms with Crippen molar-refractivity contribution in [2.24, 2.45) is 0 Å². The fraction of sp³-hybridized carbons (Fsp3) is 0.0286. The monoisotopic (exact) mass is 648 g/mol. The number of benzene rings is 6. The Morgan fingerprint density at radius 1 is 0.625 bits per heavy atom. The number of aliphatic hydroxyl groups is 1. The first-order valence-electron chi connectivity index (χ1n) is 12.9. The summed E-state index contributed by atoms with van der Waals surface area (Å²) in [6.07, 6.45) is 0. The highest BCUT2D eigenvalue weighted by atomic mass is 79.9. The van der Waals surface area contributed by atoms with Gasteiger partial charge in [-0.1, -0.05) is 94.8 Å². The third-order valence-electron chi connectivity index (χ3n) is 8.10. The molecule has 0 aliphatic heterocycles. The summed E-state index contributed by atoms with van der Waals surface area (Å²) in [7, 11) is 0. The summed E-state index contributed by atoms with van der Waals surface area (Å²) in [5, 5.41) is 17.2. The lowest BCUT2D eigenvalue weighted by Crippen LogP contribution is -2.27. The van der Waals surface area contributed by atoms with Crippen LogP contribution in [0.5, 0.6) is 0 Å². The number of hydrogen-bond acceptors (Lipinski definition) is 2. The van der Waals surface area contributed by atoms with Gasteiger partial charge in [0.1, 0.15) is 22.6 Å². The Balaban J connectivity index is 1.57. The highest BCUT2D eigenvalue weighted by molar-refractivity contribution is 9.11. The maximum atomic E-state index is 13.9. The molecule has 1 aromatic heterocycles. The second-order valence-electron chi connectivity index (χ2n) is 10.2. The largest absolute Gasteiger partial charge is 0.455 e. The molecule has 1 atom stereocenters. The standard InChI is InChI=1S/C35H19Br2FO2/c36-28-17-26-31(23-9-2-1-8-22(23)28)33-27(18-29(37)32-24-10-4-6-12-30(24)40-34(32)33)35(26,39)25-11-5-3-7-21(25)19-13-15-20(38)16-14-19/h1-18,39H. The van der Waals surface area contributed by atoms with Crippen LogP contribution in [0, 0.1) is 5.82 Å². The van der Waals surface area contributed by atoms with Crippen molar-refractivity contribution in [3.05, 3.63) is 141 Å². The van der Waals surface area contributed by atoms with E-state index in [9.17, 15) is 9.50 Å². The second-order valence-corrected chi connectivity index (χ2v) is 11.9. The van der Waals surface area contributed by atoms with E-state index < -0.39 is 5.60 Å². The number of furan rings is 1. The van der Waals surface area contributed by atoms with Crippen molar-refractivity contribution in [3.8, 4) is 22.3 Å². The molecule has 1 aliphatic carbocycles. The number of halogens is 3. The topological polar surface area (TPSA) is 33.4 Å². The Morgan fingerprint density at radius 2 is 1.25 bits per heavy atom. The molecule has 0 spiro atoms. The van der Waals surface area contributed by atoms with Gasteiger partial charge < -0.3 is 9.52 Å². The number of hydrogen-bond donors (Lipinski definition) is 1. The third-order valence-corrected chi connectivity index (χ3v) is 9.38. The minimum Gasteiger partial charge on any atom is -0.455 e. The van der Waals surface area contributed by atoms with E-state index in [4.69, 9.17) is 4.42 Å². The van der Waals surface area contributed by atoms with E-state index in [0.717, 1.165) is 75.0 Å². The predicted molar refractivity (Wildman–Crippen MR) is 166 cm³/mol. The molecule has 1 heterocycles. The van der Waals surface area contributed by atoms with Crippen LogP contribution in [0.25, 0.3) is 55.0 Å². The molecule has 7 aromatic rings. The van der Waals surface area contributed by atoms with Gasteiger partial charge in [-0.3, -0.25) is 0 Å². The fourth-order valence-electron chi connectivity index (χ4n) is 6.39. The zero-order valence-electron chi connectivity index (χ0n) is 20.9. The second kappa shape index (κ2) is 8.61. The summed E-state index contributed by atoms with van der Waals surface area (Å²) in [6.45, 7) is 0. The molecule has 1 aliphatic rings. The quantitative estimate of drug-likeness (QED) is 0.202. The molecule has 2 nitrogen and oxygen atoms in total. The highest BCUT2D eigenvalue weighted by Gasteiger charge is 2.47. The Bertz CT molecular complexity index is 2160. The van der Waals surface area contributed by atoms with E-state index >= 15 is 0 Å². The molecule has 0 saturated carbocycles. The molecule has 0 saturated heterocycles. The maximum Gasteiger partial charge on any atom is 0.144 e. The van der Waals surface area contributed by atoms with Crippen molar-refractivity contribution in [1.29, 1.82) is 0 Å². The van der Waals surface area contributed by atoms with Gasteiger partial charge in [-0.2, -0.15) is 0 Å². The van der Waals surface area contributed by atoms with Crippen molar-refractivity contribution < 1.29 is 13.9 Å². The number of para-hydroxylation sites is 1. The normalized spacial score (nSPS) is 16.1. The Kier molecular flexibility index (Phi) is 5.18. The number of fused-ring (bicyclic) bond motifs is 9. The van der Waals surface area contributed by atoms with Crippen LogP contribution in [-0.2, 0) is 5.60 Å². The molecule has 6 aromatic carbocycles. The first-order chi connectivity index (χ1) is 19.5. The minimum atomic E-state index is -1.52. The third kappa shape index (κ3) is 3.17. The van der Waals surface area contributed by atoms with Crippen LogP contribution in [0.4, 0.5) is 4.39 Å². The predicted octanol–water partition coefficient (Wildman–Crippen LogP) is 10.3. The van der Waals surface area contributed by atoms with Crippen molar-refractivity contribution in [3.63, 3.8) is 0 Å². The summed E-state index contributed by atoms with van der Waals surface area (Å²) >= 11 is 7.63. The lowest BCUT2D eigenvalue weighted by Gasteiger charge is -2.29. The van der Waals surface area contributed by atoms with E-state index in [2.05, 4.69) is 50.1 Å². The van der Waals surface area contributed by atoms with Crippen LogP contribution in [0.15, 0.2) is 123 Å². The van der Waals surface area contributed by atoms with E-state index in [1.807, 2.05) is 66.7 Å². The SMILES string of the molecule is OC1(c2ccccc2-c2ccc(F)cc2)c2cc(Br)c3ccccc3c2-c2c1cc(Br)c1c2oc2ccccc21. The maximum absolute atomic E-state index is 13.9. The molecule has 192 valence electrons. The van der Waals surface area contributed by atoms with E-state index in [1.165, 1.54) is 12.1 Å². The average Bonchev–Trinajstić information content (AvgIpc) is 3.49. The van der Waals surface area contributed by atoms with Crippen LogP contribution in [0.2, 0.25) is 0 Å². The van der Waals surface area contributed by atoms with Crippen LogP contribution < -0.4 is 0 Å². The highest BCUT2D eigenvalue weighted by Crippen LogP contribution is 2.59. The van der Waals surface area contributed by atoms with Gasteiger partial charge in [-0.15, -0.1) is 0 Å². The van der Waals surface area contributed by atoms with Crippen LogP contribution in [0.1, 0.15) is 16.7 Å². The fourth-order valence-corrected chi connectivity index (χ4v) is 7.58. The van der Waals surface area contributed by atoms with Crippen molar-refractivity contribution >= 4 is 64.6 Å². The van der Waals surface area contributed by atoms with Gasteiger partial charge in [0, 0.05) is 47.5 Å². The molecule has 0 amide bonds. The molecule has 1 unspecified atom stereocenters. The Labute approximate surface area is 245 Å². The molecule has 0 bridgehead atoms. The van der Waals surface area contributed by atoms with Gasteiger partial charge in [0.2, 0.25) is 0 Å². The van der Waals surface area contributed by atoms with Gasteiger partial charge >= 0.3 is 0 Å². The molecular weight excluding hydrogens is 631 g/mol. The van der Waals surface area contributed by atoms with Gasteiger partial charge in [0.15, 0.2) is 0 Å². The lowest BCUT2D eigenvalue weighted by molar-refractivity contribution is 0.131. The van der Waals surface area contributed by atoms with E-state index in [1.54, 1.807) is 12.1 Å². The zero-order valence-corrected chi connectivity index (χ0v) is 24.1. The van der Waals surface area contributed by atoms with Crippen molar-refractivity contribution in [1.82, 2.24) is 0 Å². The smallest absolute Gasteiger partial charge is 0.144 e. The molecule has 1 N–H and O–H groups in total. The van der Waals surface area contributed by atoms with E-state index in [-0.39, 0.29) is 5.82 Å². The Hall–Kier alpha value is -3.77. The number of rotatable bonds is 2. The first-order valence-corrected chi connectivity index (χ1v) is 14.5. The molecule has 0 fully saturated rings. The summed E-state index contributed by atoms with van der Waals surface area (Å²) in [6, 6.07) is 34.5. The molecule has 5 heteroatoms. The molecule has 0 radical (unpaired) electrons. The van der Waals surface area contributed by atoms with Crippen LogP contribution in [0.3, 0.4) is 0 Å². The summed E-state index contributed by atoms with van der Waals surface area (Å²) in [4.78, 5) is 0. The molecule has 8 rings (SSSR count). The molecular formula is C35H19Br2FO2. The Morgan fingerprint density at radius 3 is 2.05 bits per heavy atom.